The number of nitriles is 1. The number of nitrogens with zero attached hydrogens (tertiary/aromatic N) is 6. The van der Waals surface area contributed by atoms with E-state index >= 15 is 0 Å². The van der Waals surface area contributed by atoms with Gasteiger partial charge in [-0.25, -0.2) is 9.07 Å². The van der Waals surface area contributed by atoms with E-state index in [9.17, 15) is 34.7 Å². The summed E-state index contributed by atoms with van der Waals surface area (Å²) in [5.74, 6) is -2.48. The number of esters is 1. The maximum absolute atomic E-state index is 14.8. The Morgan fingerprint density at radius 2 is 1.69 bits per heavy atom. The third-order valence-electron chi connectivity index (χ3n) is 15.2. The first-order chi connectivity index (χ1) is 33.7. The fourth-order valence-corrected chi connectivity index (χ4v) is 12.0. The molecule has 4 heterocycles. The molecule has 19 atom stereocenters. The first-order valence-corrected chi connectivity index (χ1v) is 27.3. The van der Waals surface area contributed by atoms with Crippen molar-refractivity contribution in [1.29, 1.82) is 5.26 Å². The van der Waals surface area contributed by atoms with Gasteiger partial charge in [0.1, 0.15) is 36.6 Å². The quantitative estimate of drug-likeness (QED) is 0.0665. The Bertz CT molecular complexity index is 2070. The number of hydrogen-bond acceptors (Lipinski definition) is 18. The Hall–Kier alpha value is -2.15. The van der Waals surface area contributed by atoms with Gasteiger partial charge in [0.2, 0.25) is 0 Å². The summed E-state index contributed by atoms with van der Waals surface area (Å²) in [5.41, 5.74) is -2.76. The molecular formula is C51H82FIN6O12S. The summed E-state index contributed by atoms with van der Waals surface area (Å²) in [4.78, 5) is 19.1. The van der Waals surface area contributed by atoms with Crippen molar-refractivity contribution in [3.63, 3.8) is 0 Å². The van der Waals surface area contributed by atoms with Gasteiger partial charge >= 0.3 is 5.97 Å². The van der Waals surface area contributed by atoms with Crippen LogP contribution in [0.5, 0.6) is 0 Å². The summed E-state index contributed by atoms with van der Waals surface area (Å²) in [5, 5.41) is 76.9. The highest BCUT2D eigenvalue weighted by molar-refractivity contribution is 14.1. The summed E-state index contributed by atoms with van der Waals surface area (Å²) in [6.45, 7) is 17.8. The van der Waals surface area contributed by atoms with Crippen LogP contribution in [0.2, 0.25) is 0 Å². The minimum Gasteiger partial charge on any atom is -0.448 e. The van der Waals surface area contributed by atoms with E-state index in [0.29, 0.717) is 37.4 Å². The smallest absolute Gasteiger partial charge is 0.312 e. The van der Waals surface area contributed by atoms with Gasteiger partial charge in [0.05, 0.1) is 59.6 Å². The Morgan fingerprint density at radius 1 is 1.03 bits per heavy atom. The molecule has 0 bridgehead atoms. The van der Waals surface area contributed by atoms with Crippen LogP contribution in [0.15, 0.2) is 35.4 Å². The first kappa shape index (κ1) is 60.7. The molecule has 72 heavy (non-hydrogen) atoms. The van der Waals surface area contributed by atoms with E-state index in [0.717, 1.165) is 10.5 Å². The van der Waals surface area contributed by atoms with Crippen LogP contribution in [0.1, 0.15) is 112 Å². The monoisotopic (exact) mass is 1150 g/mol. The zero-order valence-electron chi connectivity index (χ0n) is 44.3. The molecule has 3 fully saturated rings. The van der Waals surface area contributed by atoms with Gasteiger partial charge in [0.15, 0.2) is 16.7 Å². The molecule has 0 aliphatic carbocycles. The third-order valence-corrected chi connectivity index (χ3v) is 17.6. The highest BCUT2D eigenvalue weighted by atomic mass is 127. The Morgan fingerprint density at radius 3 is 2.31 bits per heavy atom. The van der Waals surface area contributed by atoms with Crippen molar-refractivity contribution >= 4 is 40.3 Å². The van der Waals surface area contributed by atoms with Crippen LogP contribution in [0, 0.1) is 34.5 Å². The standard InChI is InChI=1S/C51H82FIN6O12S/c1-28-23-50(9,64)45(30(3)41(69-39-24-49(7,8)44(62)33(6)68-39)31(4)46(63)71-48(53)51(10,65)43(61)32(5)58(12)26-28)70-47-40(60)37(22-29(2)67-47)57(11)20-18-35-27-59(56-55-35)38(25-52)42(66-13)34-14-16-36(17-15-34)72-21-19-54/h14-17,27-33,37-45,47-48,60-62,64-65H,18,20-26H2,1-13H3/t28-,29-,30+,31-,32-,33+,37+,38-,39+,40-,41+,42-,43-,44+,45-,47+,48+,50-,51+/m1/s1. The van der Waals surface area contributed by atoms with Crippen LogP contribution in [0.3, 0.4) is 0 Å². The number of rotatable bonds is 15. The maximum Gasteiger partial charge on any atom is 0.312 e. The number of halogens is 2. The molecule has 3 aliphatic rings. The number of aromatic nitrogens is 3. The average Bonchev–Trinajstić information content (AvgIpc) is 3.79. The lowest BCUT2D eigenvalue weighted by atomic mass is 9.77. The number of carbonyl (C=O) groups excluding carboxylic acids is 1. The van der Waals surface area contributed by atoms with Crippen molar-refractivity contribution < 1.29 is 63.1 Å². The number of cyclic esters (lactones) is 1. The fourth-order valence-electron chi connectivity index (χ4n) is 10.8. The normalized spacial score (nSPS) is 38.6. The summed E-state index contributed by atoms with van der Waals surface area (Å²) < 4.78 is 53.1. The van der Waals surface area contributed by atoms with E-state index < -0.39 is 125 Å². The number of aliphatic hydroxyl groups is 5. The number of benzene rings is 1. The first-order valence-electron chi connectivity index (χ1n) is 25.1. The van der Waals surface area contributed by atoms with Crippen LogP contribution >= 0.6 is 34.4 Å². The van der Waals surface area contributed by atoms with Gasteiger partial charge < -0.3 is 63.8 Å². The molecule has 3 saturated heterocycles. The fraction of sp³-hybridized carbons (Fsp3) is 0.804. The molecule has 3 aliphatic heterocycles. The minimum absolute atomic E-state index is 0.174. The maximum atomic E-state index is 14.8. The van der Waals surface area contributed by atoms with E-state index in [-0.39, 0.29) is 18.8 Å². The zero-order chi connectivity index (χ0) is 53.6. The average molecular weight is 1150 g/mol. The number of hydrogen-bond donors (Lipinski definition) is 5. The lowest BCUT2D eigenvalue weighted by Crippen LogP contribution is -2.60. The molecule has 21 heteroatoms. The Balaban J connectivity index is 1.41. The molecule has 0 saturated carbocycles. The van der Waals surface area contributed by atoms with Crippen molar-refractivity contribution in [2.75, 3.05) is 46.7 Å². The van der Waals surface area contributed by atoms with Gasteiger partial charge in [-0.2, -0.15) is 5.26 Å². The van der Waals surface area contributed by atoms with Gasteiger partial charge in [-0.3, -0.25) is 4.79 Å². The lowest BCUT2D eigenvalue weighted by Gasteiger charge is -2.48. The van der Waals surface area contributed by atoms with Crippen LogP contribution in [0.4, 0.5) is 4.39 Å². The Labute approximate surface area is 443 Å². The van der Waals surface area contributed by atoms with Gasteiger partial charge in [0.25, 0.3) is 0 Å². The molecule has 0 spiro atoms. The number of alkyl halides is 2. The van der Waals surface area contributed by atoms with E-state index in [1.165, 1.54) is 30.5 Å². The van der Waals surface area contributed by atoms with Gasteiger partial charge in [0, 0.05) is 62.1 Å². The SMILES string of the molecule is CO[C@H](c1ccc(SCC#N)cc1)[C@@H](CF)n1cc(CCN(C)[C@H]2C[C@@H](C)O[C@@H](O[C@@H]3[C@@H](C)[C@H](O[C@H]4CC(C)(C)[C@@H](O)[C@H](C)O4)[C@@H](C)C(=O)O[C@H](I)[C@@](C)(O)[C@H](O)[C@@H](C)N(C)C[C@H](C)C[C@@]3(C)O)[C@@H]2O)nn1. The molecule has 2 aromatic rings. The highest BCUT2D eigenvalue weighted by Gasteiger charge is 2.52. The van der Waals surface area contributed by atoms with Crippen molar-refractivity contribution in [3.8, 4) is 6.07 Å². The predicted molar refractivity (Wildman–Crippen MR) is 276 cm³/mol. The summed E-state index contributed by atoms with van der Waals surface area (Å²) in [6, 6.07) is 7.71. The van der Waals surface area contributed by atoms with Crippen LogP contribution in [-0.2, 0) is 39.6 Å². The number of aliphatic hydroxyl groups excluding tert-OH is 3. The molecule has 1 aromatic carbocycles. The predicted octanol–water partition coefficient (Wildman–Crippen LogP) is 5.22. The molecule has 18 nitrogen and oxygen atoms in total. The van der Waals surface area contributed by atoms with Crippen LogP contribution < -0.4 is 0 Å². The zero-order valence-corrected chi connectivity index (χ0v) is 47.3. The minimum atomic E-state index is -1.86. The van der Waals surface area contributed by atoms with Gasteiger partial charge in [-0.1, -0.05) is 45.0 Å². The molecule has 0 unspecified atom stereocenters. The topological polar surface area (TPSA) is 235 Å². The second kappa shape index (κ2) is 25.8. The molecule has 5 rings (SSSR count). The number of likely N-dealkylation sites (N-methyl/N-ethyl adjacent to an activating group) is 2. The highest BCUT2D eigenvalue weighted by Crippen LogP contribution is 2.42. The van der Waals surface area contributed by atoms with E-state index in [4.69, 9.17) is 33.7 Å². The van der Waals surface area contributed by atoms with Gasteiger partial charge in [-0.15, -0.1) is 16.9 Å². The number of carbonyl (C=O) groups is 1. The number of ether oxygens (including phenoxy) is 6. The molecule has 5 N–H and O–H groups in total. The van der Waals surface area contributed by atoms with Crippen molar-refractivity contribution in [1.82, 2.24) is 24.8 Å². The lowest BCUT2D eigenvalue weighted by molar-refractivity contribution is -0.312. The third kappa shape index (κ3) is 14.7. The molecule has 1 aromatic heterocycles. The van der Waals surface area contributed by atoms with Crippen molar-refractivity contribution in [2.24, 2.45) is 23.2 Å². The second-order valence-electron chi connectivity index (χ2n) is 21.9. The summed E-state index contributed by atoms with van der Waals surface area (Å²) in [6.07, 6.45) is -6.32. The Kier molecular flexibility index (Phi) is 21.8. The van der Waals surface area contributed by atoms with Crippen molar-refractivity contribution in [2.45, 2.75) is 195 Å². The number of methoxy groups -OCH3 is 1. The van der Waals surface area contributed by atoms with Crippen LogP contribution in [-0.4, -0.2) is 186 Å². The van der Waals surface area contributed by atoms with E-state index in [2.05, 4.69) is 16.4 Å². The van der Waals surface area contributed by atoms with E-state index in [1.807, 2.05) is 105 Å². The van der Waals surface area contributed by atoms with Crippen LogP contribution in [0.25, 0.3) is 0 Å². The summed E-state index contributed by atoms with van der Waals surface area (Å²) >= 11 is 3.24. The number of thioether (sulfide) groups is 1. The summed E-state index contributed by atoms with van der Waals surface area (Å²) in [7, 11) is 5.22. The van der Waals surface area contributed by atoms with Crippen molar-refractivity contribution in [3.05, 3.63) is 41.7 Å². The largest absolute Gasteiger partial charge is 0.448 e. The molecule has 0 radical (unpaired) electrons. The second-order valence-corrected chi connectivity index (χ2v) is 24.1. The van der Waals surface area contributed by atoms with E-state index in [1.54, 1.807) is 33.9 Å². The molecule has 0 amide bonds. The molecule has 408 valence electrons. The molecular weight excluding hydrogens is 1070 g/mol. The van der Waals surface area contributed by atoms with Gasteiger partial charge in [-0.05, 0) is 120 Å².